The Bertz CT molecular complexity index is 1500. The molecule has 0 aliphatic heterocycles. The van der Waals surface area contributed by atoms with Crippen molar-refractivity contribution in [3.63, 3.8) is 0 Å². The van der Waals surface area contributed by atoms with E-state index in [0.717, 1.165) is 0 Å². The largest absolute Gasteiger partial charge is 0.479 e. The molecule has 0 radical (unpaired) electrons. The molecule has 1 amide bonds. The van der Waals surface area contributed by atoms with E-state index in [4.69, 9.17) is 11.6 Å². The normalized spacial score (nSPS) is 13.2. The Morgan fingerprint density at radius 1 is 1.12 bits per heavy atom. The summed E-state index contributed by atoms with van der Waals surface area (Å²) in [6.45, 7) is 1.35. The number of benzene rings is 2. The number of nitrogens with zero attached hydrogens (tertiary/aromatic N) is 2. The van der Waals surface area contributed by atoms with Crippen molar-refractivity contribution in [3.05, 3.63) is 81.8 Å². The van der Waals surface area contributed by atoms with Crippen molar-refractivity contribution in [2.75, 3.05) is 4.72 Å². The molecule has 174 valence electrons. The third-order valence-corrected chi connectivity index (χ3v) is 7.43. The SMILES string of the molecule is CC(NC(=O)c1ccc(Cl)cc1NS(=O)(=O)c1cccc2nccnc12)(C(=O)O)c1ccsc1. The van der Waals surface area contributed by atoms with Crippen LogP contribution in [0.3, 0.4) is 0 Å². The van der Waals surface area contributed by atoms with Crippen molar-refractivity contribution in [1.29, 1.82) is 0 Å². The topological polar surface area (TPSA) is 138 Å². The molecular formula is C22H17ClN4O5S2. The van der Waals surface area contributed by atoms with Crippen LogP contribution >= 0.6 is 22.9 Å². The predicted molar refractivity (Wildman–Crippen MR) is 129 cm³/mol. The maximum Gasteiger partial charge on any atom is 0.333 e. The van der Waals surface area contributed by atoms with Crippen molar-refractivity contribution in [2.45, 2.75) is 17.4 Å². The van der Waals surface area contributed by atoms with Gasteiger partial charge < -0.3 is 10.4 Å². The van der Waals surface area contributed by atoms with Crippen LogP contribution in [0.25, 0.3) is 11.0 Å². The van der Waals surface area contributed by atoms with Gasteiger partial charge in [0.2, 0.25) is 0 Å². The Morgan fingerprint density at radius 3 is 2.59 bits per heavy atom. The molecule has 0 aliphatic carbocycles. The van der Waals surface area contributed by atoms with Gasteiger partial charge in [0, 0.05) is 17.4 Å². The number of thiophene rings is 1. The molecule has 4 aromatic rings. The van der Waals surface area contributed by atoms with Crippen LogP contribution in [-0.4, -0.2) is 35.4 Å². The highest BCUT2D eigenvalue weighted by Crippen LogP contribution is 2.29. The number of anilines is 1. The fraction of sp³-hybridized carbons (Fsp3) is 0.0909. The number of nitrogens with one attached hydrogen (secondary N) is 2. The molecule has 0 bridgehead atoms. The lowest BCUT2D eigenvalue weighted by Crippen LogP contribution is -2.49. The van der Waals surface area contributed by atoms with Crippen LogP contribution in [0.5, 0.6) is 0 Å². The lowest BCUT2D eigenvalue weighted by Gasteiger charge is -2.26. The summed E-state index contributed by atoms with van der Waals surface area (Å²) in [5.74, 6) is -2.08. The lowest BCUT2D eigenvalue weighted by atomic mass is 9.94. The first-order valence-corrected chi connectivity index (χ1v) is 12.5. The number of halogens is 1. The number of carboxylic acids is 1. The van der Waals surface area contributed by atoms with Gasteiger partial charge in [-0.3, -0.25) is 19.5 Å². The van der Waals surface area contributed by atoms with Gasteiger partial charge in [-0.2, -0.15) is 11.3 Å². The van der Waals surface area contributed by atoms with Gasteiger partial charge in [-0.1, -0.05) is 17.7 Å². The first-order chi connectivity index (χ1) is 16.1. The molecule has 4 rings (SSSR count). The molecule has 0 fully saturated rings. The minimum Gasteiger partial charge on any atom is -0.479 e. The summed E-state index contributed by atoms with van der Waals surface area (Å²) in [6.07, 6.45) is 2.81. The van der Waals surface area contributed by atoms with E-state index in [1.807, 2.05) is 0 Å². The molecule has 0 saturated carbocycles. The van der Waals surface area contributed by atoms with E-state index in [1.54, 1.807) is 22.9 Å². The zero-order valence-electron chi connectivity index (χ0n) is 17.5. The Kier molecular flexibility index (Phi) is 6.26. The van der Waals surface area contributed by atoms with Gasteiger partial charge in [0.15, 0.2) is 5.54 Å². The maximum absolute atomic E-state index is 13.2. The number of carbonyl (C=O) groups excluding carboxylic acids is 1. The number of amides is 1. The van der Waals surface area contributed by atoms with Gasteiger partial charge in [0.05, 0.1) is 16.8 Å². The maximum atomic E-state index is 13.2. The van der Waals surface area contributed by atoms with Crippen molar-refractivity contribution < 1.29 is 23.1 Å². The van der Waals surface area contributed by atoms with Gasteiger partial charge in [0.25, 0.3) is 15.9 Å². The number of hydrogen-bond acceptors (Lipinski definition) is 7. The molecule has 2 aromatic carbocycles. The van der Waals surface area contributed by atoms with E-state index >= 15 is 0 Å². The quantitative estimate of drug-likeness (QED) is 0.339. The van der Waals surface area contributed by atoms with Gasteiger partial charge in [0.1, 0.15) is 10.4 Å². The van der Waals surface area contributed by atoms with Crippen LogP contribution in [0.15, 0.2) is 70.5 Å². The number of carboxylic acid groups (broad SMARTS) is 1. The molecule has 0 saturated heterocycles. The van der Waals surface area contributed by atoms with Gasteiger partial charge in [-0.25, -0.2) is 13.2 Å². The first kappa shape index (κ1) is 23.6. The molecule has 0 spiro atoms. The molecule has 1 unspecified atom stereocenters. The molecular weight excluding hydrogens is 500 g/mol. The van der Waals surface area contributed by atoms with Gasteiger partial charge in [-0.15, -0.1) is 0 Å². The zero-order chi connectivity index (χ0) is 24.5. The molecule has 12 heteroatoms. The number of aliphatic carboxylic acids is 1. The summed E-state index contributed by atoms with van der Waals surface area (Å²) >= 11 is 7.36. The van der Waals surface area contributed by atoms with E-state index in [9.17, 15) is 23.1 Å². The molecule has 9 nitrogen and oxygen atoms in total. The second-order valence-corrected chi connectivity index (χ2v) is 10.2. The Balaban J connectivity index is 1.73. The second-order valence-electron chi connectivity index (χ2n) is 7.37. The van der Waals surface area contributed by atoms with Gasteiger partial charge in [-0.05, 0) is 59.6 Å². The third-order valence-electron chi connectivity index (χ3n) is 5.11. The number of aromatic nitrogens is 2. The van der Waals surface area contributed by atoms with Gasteiger partial charge >= 0.3 is 5.97 Å². The standard InChI is InChI=1S/C22H17ClN4O5S2/c1-22(21(29)30,13-7-10-33-12-13)26-20(28)15-6-5-14(23)11-17(15)27-34(31,32)18-4-2-3-16-19(18)25-9-8-24-16/h2-12,27H,1H3,(H,26,28)(H,29,30). The Labute approximate surface area is 203 Å². The molecule has 3 N–H and O–H groups in total. The number of carbonyl (C=O) groups is 2. The van der Waals surface area contributed by atoms with E-state index in [2.05, 4.69) is 20.0 Å². The van der Waals surface area contributed by atoms with Crippen LogP contribution in [-0.2, 0) is 20.4 Å². The summed E-state index contributed by atoms with van der Waals surface area (Å²) in [5.41, 5.74) is -1.06. The van der Waals surface area contributed by atoms with Crippen molar-refractivity contribution in [2.24, 2.45) is 0 Å². The number of rotatable bonds is 7. The summed E-state index contributed by atoms with van der Waals surface area (Å²) in [7, 11) is -4.22. The summed E-state index contributed by atoms with van der Waals surface area (Å²) in [6, 6.07) is 10.1. The Hall–Kier alpha value is -3.54. The van der Waals surface area contributed by atoms with Crippen LogP contribution in [0.4, 0.5) is 5.69 Å². The predicted octanol–water partition coefficient (Wildman–Crippen LogP) is 3.88. The summed E-state index contributed by atoms with van der Waals surface area (Å²) < 4.78 is 28.9. The molecule has 2 heterocycles. The van der Waals surface area contributed by atoms with E-state index in [1.165, 1.54) is 61.0 Å². The van der Waals surface area contributed by atoms with Crippen LogP contribution in [0.1, 0.15) is 22.8 Å². The smallest absolute Gasteiger partial charge is 0.333 e. The Morgan fingerprint density at radius 2 is 1.88 bits per heavy atom. The zero-order valence-corrected chi connectivity index (χ0v) is 19.9. The van der Waals surface area contributed by atoms with Crippen molar-refractivity contribution in [1.82, 2.24) is 15.3 Å². The summed E-state index contributed by atoms with van der Waals surface area (Å²) in [4.78, 5) is 33.2. The fourth-order valence-corrected chi connectivity index (χ4v) is 5.45. The molecule has 34 heavy (non-hydrogen) atoms. The lowest BCUT2D eigenvalue weighted by molar-refractivity contribution is -0.144. The summed E-state index contributed by atoms with van der Waals surface area (Å²) in [5, 5.41) is 15.8. The van der Waals surface area contributed by atoms with Crippen LogP contribution in [0.2, 0.25) is 5.02 Å². The molecule has 1 atom stereocenters. The average molecular weight is 517 g/mol. The molecule has 2 aromatic heterocycles. The number of para-hydroxylation sites is 1. The number of fused-ring (bicyclic) bond motifs is 1. The highest BCUT2D eigenvalue weighted by Gasteiger charge is 2.38. The van der Waals surface area contributed by atoms with E-state index in [0.29, 0.717) is 11.1 Å². The van der Waals surface area contributed by atoms with E-state index in [-0.39, 0.29) is 26.7 Å². The average Bonchev–Trinajstić information content (AvgIpc) is 3.34. The number of hydrogen-bond donors (Lipinski definition) is 3. The van der Waals surface area contributed by atoms with Crippen LogP contribution < -0.4 is 10.0 Å². The third kappa shape index (κ3) is 4.45. The van der Waals surface area contributed by atoms with E-state index < -0.39 is 27.4 Å². The van der Waals surface area contributed by atoms with Crippen molar-refractivity contribution >= 4 is 61.6 Å². The fourth-order valence-electron chi connectivity index (χ4n) is 3.27. The number of sulfonamides is 1. The monoisotopic (exact) mass is 516 g/mol. The highest BCUT2D eigenvalue weighted by atomic mass is 35.5. The minimum absolute atomic E-state index is 0.109. The molecule has 0 aliphatic rings. The highest BCUT2D eigenvalue weighted by molar-refractivity contribution is 7.93. The second kappa shape index (κ2) is 9.01. The van der Waals surface area contributed by atoms with Crippen molar-refractivity contribution in [3.8, 4) is 0 Å². The van der Waals surface area contributed by atoms with Crippen LogP contribution in [0, 0.1) is 0 Å². The minimum atomic E-state index is -4.22. The first-order valence-electron chi connectivity index (χ1n) is 9.72.